The molecule has 2 atom stereocenters. The number of benzene rings is 1. The molecule has 21 heavy (non-hydrogen) atoms. The minimum atomic E-state index is 0.244. The average Bonchev–Trinajstić information content (AvgIpc) is 3.35. The molecule has 0 aliphatic heterocycles. The zero-order chi connectivity index (χ0) is 15.2. The van der Waals surface area contributed by atoms with Gasteiger partial charge in [-0.3, -0.25) is 9.89 Å². The van der Waals surface area contributed by atoms with E-state index in [1.54, 1.807) is 0 Å². The van der Waals surface area contributed by atoms with Crippen molar-refractivity contribution in [1.29, 1.82) is 0 Å². The lowest BCUT2D eigenvalue weighted by Gasteiger charge is -2.26. The van der Waals surface area contributed by atoms with E-state index in [1.165, 1.54) is 18.4 Å². The minimum absolute atomic E-state index is 0.244. The molecule has 0 heterocycles. The van der Waals surface area contributed by atoms with Gasteiger partial charge in [0, 0.05) is 25.7 Å². The predicted octanol–water partition coefficient (Wildman–Crippen LogP) is 2.40. The summed E-state index contributed by atoms with van der Waals surface area (Å²) in [6.45, 7) is 5.33. The molecule has 1 aromatic carbocycles. The van der Waals surface area contributed by atoms with Crippen LogP contribution in [-0.2, 0) is 0 Å². The fourth-order valence-electron chi connectivity index (χ4n) is 2.45. The lowest BCUT2D eigenvalue weighted by atomic mass is 10.1. The third kappa shape index (κ3) is 4.74. The van der Waals surface area contributed by atoms with Crippen molar-refractivity contribution in [3.05, 3.63) is 35.9 Å². The van der Waals surface area contributed by atoms with Gasteiger partial charge in [-0.05, 0) is 39.3 Å². The van der Waals surface area contributed by atoms with Crippen molar-refractivity contribution in [1.82, 2.24) is 15.5 Å². The fraction of sp³-hybridized carbons (Fsp3) is 0.588. The summed E-state index contributed by atoms with van der Waals surface area (Å²) < 4.78 is 0. The highest BCUT2D eigenvalue weighted by molar-refractivity contribution is 5.80. The number of hydrogen-bond donors (Lipinski definition) is 2. The van der Waals surface area contributed by atoms with Crippen LogP contribution in [0.4, 0.5) is 0 Å². The van der Waals surface area contributed by atoms with Crippen LogP contribution >= 0.6 is 0 Å². The largest absolute Gasteiger partial charge is 0.355 e. The molecule has 0 amide bonds. The molecule has 1 fully saturated rings. The van der Waals surface area contributed by atoms with E-state index in [0.717, 1.165) is 18.5 Å². The molecule has 2 unspecified atom stereocenters. The maximum absolute atomic E-state index is 4.32. The molecule has 4 nitrogen and oxygen atoms in total. The van der Waals surface area contributed by atoms with Crippen molar-refractivity contribution in [3.63, 3.8) is 0 Å². The maximum atomic E-state index is 4.32. The Morgan fingerprint density at radius 2 is 1.95 bits per heavy atom. The smallest absolute Gasteiger partial charge is 0.191 e. The summed E-state index contributed by atoms with van der Waals surface area (Å²) in [6, 6.07) is 12.0. The van der Waals surface area contributed by atoms with Gasteiger partial charge in [-0.25, -0.2) is 0 Å². The fourth-order valence-corrected chi connectivity index (χ4v) is 2.45. The van der Waals surface area contributed by atoms with Gasteiger partial charge in [0.2, 0.25) is 0 Å². The zero-order valence-electron chi connectivity index (χ0n) is 13.6. The monoisotopic (exact) mass is 288 g/mol. The molecule has 0 bridgehead atoms. The van der Waals surface area contributed by atoms with E-state index >= 15 is 0 Å². The van der Waals surface area contributed by atoms with E-state index in [9.17, 15) is 0 Å². The molecule has 1 saturated carbocycles. The molecule has 1 aromatic rings. The number of guanidine groups is 1. The predicted molar refractivity (Wildman–Crippen MR) is 89.6 cm³/mol. The molecular weight excluding hydrogens is 260 g/mol. The van der Waals surface area contributed by atoms with E-state index in [0.29, 0.717) is 6.04 Å². The molecule has 1 aliphatic rings. The lowest BCUT2D eigenvalue weighted by molar-refractivity contribution is 0.247. The summed E-state index contributed by atoms with van der Waals surface area (Å²) in [5.41, 5.74) is 1.27. The van der Waals surface area contributed by atoms with Gasteiger partial charge in [-0.2, -0.15) is 0 Å². The number of nitrogens with zero attached hydrogens (tertiary/aromatic N) is 2. The van der Waals surface area contributed by atoms with E-state index in [-0.39, 0.29) is 6.04 Å². The first-order valence-corrected chi connectivity index (χ1v) is 7.86. The Kier molecular flexibility index (Phi) is 5.62. The molecular formula is C17H28N4. The van der Waals surface area contributed by atoms with Crippen molar-refractivity contribution in [3.8, 4) is 0 Å². The van der Waals surface area contributed by atoms with Crippen LogP contribution in [0.3, 0.4) is 0 Å². The summed E-state index contributed by atoms with van der Waals surface area (Å²) in [5.74, 6) is 0.863. The van der Waals surface area contributed by atoms with Crippen molar-refractivity contribution in [2.24, 2.45) is 4.99 Å². The van der Waals surface area contributed by atoms with Crippen molar-refractivity contribution < 1.29 is 0 Å². The molecule has 0 radical (unpaired) electrons. The van der Waals surface area contributed by atoms with Gasteiger partial charge in [-0.15, -0.1) is 0 Å². The highest BCUT2D eigenvalue weighted by Gasteiger charge is 2.28. The quantitative estimate of drug-likeness (QED) is 0.624. The minimum Gasteiger partial charge on any atom is -0.355 e. The third-order valence-corrected chi connectivity index (χ3v) is 4.26. The van der Waals surface area contributed by atoms with Crippen LogP contribution in [0.25, 0.3) is 0 Å². The number of rotatable bonds is 6. The molecule has 1 aliphatic carbocycles. The van der Waals surface area contributed by atoms with E-state index in [2.05, 4.69) is 65.7 Å². The normalized spacial score (nSPS) is 18.4. The summed E-state index contributed by atoms with van der Waals surface area (Å²) in [5, 5.41) is 6.87. The maximum Gasteiger partial charge on any atom is 0.191 e. The lowest BCUT2D eigenvalue weighted by Crippen LogP contribution is -2.46. The van der Waals surface area contributed by atoms with Crippen LogP contribution in [0.2, 0.25) is 0 Å². The number of aliphatic imine (C=N–C) groups is 1. The molecule has 0 aromatic heterocycles. The van der Waals surface area contributed by atoms with Gasteiger partial charge in [0.05, 0.1) is 6.04 Å². The first kappa shape index (κ1) is 15.8. The molecule has 116 valence electrons. The Bertz CT molecular complexity index is 453. The Morgan fingerprint density at radius 1 is 1.29 bits per heavy atom. The van der Waals surface area contributed by atoms with Crippen LogP contribution in [0.5, 0.6) is 0 Å². The first-order valence-electron chi connectivity index (χ1n) is 7.86. The van der Waals surface area contributed by atoms with Gasteiger partial charge >= 0.3 is 0 Å². The number of hydrogen-bond acceptors (Lipinski definition) is 2. The van der Waals surface area contributed by atoms with Crippen LogP contribution in [-0.4, -0.2) is 43.6 Å². The van der Waals surface area contributed by atoms with Gasteiger partial charge in [0.1, 0.15) is 0 Å². The van der Waals surface area contributed by atoms with E-state index in [4.69, 9.17) is 0 Å². The number of nitrogens with one attached hydrogen (secondary N) is 2. The van der Waals surface area contributed by atoms with Crippen LogP contribution < -0.4 is 10.6 Å². The summed E-state index contributed by atoms with van der Waals surface area (Å²) in [7, 11) is 4.04. The van der Waals surface area contributed by atoms with Crippen LogP contribution in [0.1, 0.15) is 38.3 Å². The second kappa shape index (κ2) is 7.46. The highest BCUT2D eigenvalue weighted by atomic mass is 15.2. The standard InChI is InChI=1S/C17H28N4/c1-13(21(4)16-10-11-16)12-19-17(18-3)20-14(2)15-8-6-5-7-9-15/h5-9,13-14,16H,10-12H2,1-4H3,(H2,18,19,20). The van der Waals surface area contributed by atoms with Gasteiger partial charge in [-0.1, -0.05) is 30.3 Å². The van der Waals surface area contributed by atoms with Gasteiger partial charge < -0.3 is 10.6 Å². The zero-order valence-corrected chi connectivity index (χ0v) is 13.6. The Morgan fingerprint density at radius 3 is 2.52 bits per heavy atom. The Labute approximate surface area is 128 Å². The van der Waals surface area contributed by atoms with Crippen LogP contribution in [0, 0.1) is 0 Å². The molecule has 2 rings (SSSR count). The van der Waals surface area contributed by atoms with Gasteiger partial charge in [0.15, 0.2) is 5.96 Å². The van der Waals surface area contributed by atoms with E-state index in [1.807, 2.05) is 13.1 Å². The second-order valence-corrected chi connectivity index (χ2v) is 5.98. The second-order valence-electron chi connectivity index (χ2n) is 5.98. The van der Waals surface area contributed by atoms with Crippen molar-refractivity contribution >= 4 is 5.96 Å². The Balaban J connectivity index is 1.80. The summed E-state index contributed by atoms with van der Waals surface area (Å²) in [6.07, 6.45) is 2.69. The molecule has 0 saturated heterocycles. The van der Waals surface area contributed by atoms with Crippen LogP contribution in [0.15, 0.2) is 35.3 Å². The third-order valence-electron chi connectivity index (χ3n) is 4.26. The van der Waals surface area contributed by atoms with Crippen molar-refractivity contribution in [2.45, 2.75) is 44.8 Å². The molecule has 4 heteroatoms. The first-order chi connectivity index (χ1) is 10.1. The van der Waals surface area contributed by atoms with Crippen molar-refractivity contribution in [2.75, 3.05) is 20.6 Å². The Hall–Kier alpha value is -1.55. The molecule has 0 spiro atoms. The SMILES string of the molecule is CN=C(NCC(C)N(C)C1CC1)NC(C)c1ccccc1. The summed E-state index contributed by atoms with van der Waals surface area (Å²) >= 11 is 0. The topological polar surface area (TPSA) is 39.7 Å². The van der Waals surface area contributed by atoms with Gasteiger partial charge in [0.25, 0.3) is 0 Å². The summed E-state index contributed by atoms with van der Waals surface area (Å²) in [4.78, 5) is 6.78. The number of likely N-dealkylation sites (N-methyl/N-ethyl adjacent to an activating group) is 1. The average molecular weight is 288 g/mol. The molecule has 2 N–H and O–H groups in total. The van der Waals surface area contributed by atoms with E-state index < -0.39 is 0 Å². The highest BCUT2D eigenvalue weighted by Crippen LogP contribution is 2.26.